The van der Waals surface area contributed by atoms with Gasteiger partial charge in [0.2, 0.25) is 5.95 Å². The number of piperidine rings is 1. The Bertz CT molecular complexity index is 1540. The first-order valence-electron chi connectivity index (χ1n) is 15.4. The lowest BCUT2D eigenvalue weighted by Gasteiger charge is -2.44. The van der Waals surface area contributed by atoms with Crippen LogP contribution in [-0.2, 0) is 9.84 Å². The van der Waals surface area contributed by atoms with Crippen molar-refractivity contribution in [3.8, 4) is 5.75 Å². The number of rotatable bonds is 10. The van der Waals surface area contributed by atoms with Gasteiger partial charge in [0.15, 0.2) is 15.7 Å². The molecule has 2 aliphatic rings. The quantitative estimate of drug-likeness (QED) is 0.282. The van der Waals surface area contributed by atoms with Crippen molar-refractivity contribution >= 4 is 50.3 Å². The van der Waals surface area contributed by atoms with Crippen LogP contribution >= 0.6 is 11.6 Å². The molecular formula is C32H44ClN7O3S. The molecular weight excluding hydrogens is 598 g/mol. The number of piperazine rings is 1. The molecule has 5 rings (SSSR count). The van der Waals surface area contributed by atoms with E-state index in [1.54, 1.807) is 45.2 Å². The third-order valence-electron chi connectivity index (χ3n) is 8.67. The molecule has 0 spiro atoms. The first kappa shape index (κ1) is 32.3. The molecule has 0 aliphatic carbocycles. The van der Waals surface area contributed by atoms with Crippen LogP contribution in [0, 0.1) is 0 Å². The van der Waals surface area contributed by atoms with Crippen LogP contribution in [0.3, 0.4) is 0 Å². The number of sulfone groups is 1. The van der Waals surface area contributed by atoms with Crippen LogP contribution in [0.15, 0.2) is 53.6 Å². The molecule has 3 aromatic rings. The summed E-state index contributed by atoms with van der Waals surface area (Å²) < 4.78 is 31.6. The van der Waals surface area contributed by atoms with E-state index in [0.717, 1.165) is 57.8 Å². The molecule has 0 atom stereocenters. The maximum Gasteiger partial charge on any atom is 0.229 e. The van der Waals surface area contributed by atoms with Gasteiger partial charge in [0.1, 0.15) is 10.8 Å². The molecule has 0 amide bonds. The summed E-state index contributed by atoms with van der Waals surface area (Å²) in [6.45, 7) is 14.5. The second-order valence-electron chi connectivity index (χ2n) is 12.0. The van der Waals surface area contributed by atoms with Gasteiger partial charge in [-0.3, -0.25) is 9.80 Å². The Morgan fingerprint density at radius 3 is 2.30 bits per heavy atom. The van der Waals surface area contributed by atoms with Gasteiger partial charge in [-0.15, -0.1) is 0 Å². The average molecular weight is 642 g/mol. The van der Waals surface area contributed by atoms with Crippen LogP contribution < -0.4 is 20.3 Å². The Hall–Kier alpha value is -3.12. The zero-order valence-electron chi connectivity index (χ0n) is 26.3. The van der Waals surface area contributed by atoms with E-state index in [2.05, 4.69) is 55.2 Å². The Morgan fingerprint density at radius 1 is 0.932 bits per heavy atom. The van der Waals surface area contributed by atoms with Gasteiger partial charge in [-0.05, 0) is 64.8 Å². The molecule has 2 fully saturated rings. The van der Waals surface area contributed by atoms with Gasteiger partial charge in [-0.2, -0.15) is 4.98 Å². The summed E-state index contributed by atoms with van der Waals surface area (Å²) in [5.74, 6) is 1.26. The molecule has 2 saturated heterocycles. The third-order valence-corrected chi connectivity index (χ3v) is 11.2. The normalized spacial score (nSPS) is 17.3. The molecule has 44 heavy (non-hydrogen) atoms. The molecule has 0 radical (unpaired) electrons. The van der Waals surface area contributed by atoms with E-state index in [1.807, 2.05) is 12.1 Å². The Labute approximate surface area is 266 Å². The predicted molar refractivity (Wildman–Crippen MR) is 179 cm³/mol. The van der Waals surface area contributed by atoms with Crippen molar-refractivity contribution in [3.05, 3.63) is 53.7 Å². The minimum absolute atomic E-state index is 0.189. The Balaban J connectivity index is 1.25. The summed E-state index contributed by atoms with van der Waals surface area (Å²) in [4.78, 5) is 16.8. The highest BCUT2D eigenvalue weighted by atomic mass is 35.5. The third kappa shape index (κ3) is 7.22. The van der Waals surface area contributed by atoms with Crippen molar-refractivity contribution in [2.24, 2.45) is 0 Å². The highest BCUT2D eigenvalue weighted by Gasteiger charge is 2.28. The van der Waals surface area contributed by atoms with E-state index in [-0.39, 0.29) is 9.92 Å². The second-order valence-corrected chi connectivity index (χ2v) is 14.9. The van der Waals surface area contributed by atoms with Crippen molar-refractivity contribution in [2.45, 2.75) is 62.8 Å². The van der Waals surface area contributed by atoms with Crippen molar-refractivity contribution in [2.75, 3.05) is 61.9 Å². The maximum absolute atomic E-state index is 12.9. The van der Waals surface area contributed by atoms with Gasteiger partial charge in [-0.1, -0.05) is 23.7 Å². The largest absolute Gasteiger partial charge is 0.494 e. The number of benzene rings is 2. The summed E-state index contributed by atoms with van der Waals surface area (Å²) in [5.41, 5.74) is 2.24. The summed E-state index contributed by atoms with van der Waals surface area (Å²) in [6, 6.07) is 14.1. The summed E-state index contributed by atoms with van der Waals surface area (Å²) >= 11 is 6.42. The van der Waals surface area contributed by atoms with E-state index in [4.69, 9.17) is 16.3 Å². The maximum atomic E-state index is 12.9. The van der Waals surface area contributed by atoms with E-state index < -0.39 is 15.1 Å². The van der Waals surface area contributed by atoms with Crippen LogP contribution in [0.1, 0.15) is 40.5 Å². The molecule has 0 bridgehead atoms. The van der Waals surface area contributed by atoms with Crippen molar-refractivity contribution in [3.63, 3.8) is 0 Å². The Morgan fingerprint density at radius 2 is 1.64 bits per heavy atom. The summed E-state index contributed by atoms with van der Waals surface area (Å²) in [5, 5.41) is 6.03. The highest BCUT2D eigenvalue weighted by Crippen LogP contribution is 2.35. The molecule has 10 nitrogen and oxygen atoms in total. The van der Waals surface area contributed by atoms with Crippen molar-refractivity contribution in [1.82, 2.24) is 19.8 Å². The molecule has 12 heteroatoms. The van der Waals surface area contributed by atoms with E-state index in [1.165, 1.54) is 6.20 Å². The lowest BCUT2D eigenvalue weighted by molar-refractivity contribution is 0.0692. The number of methoxy groups -OCH3 is 1. The zero-order chi connectivity index (χ0) is 31.4. The number of hydrogen-bond acceptors (Lipinski definition) is 10. The van der Waals surface area contributed by atoms with Gasteiger partial charge in [0.25, 0.3) is 0 Å². The molecule has 0 unspecified atom stereocenters. The first-order valence-corrected chi connectivity index (χ1v) is 17.3. The van der Waals surface area contributed by atoms with E-state index in [0.29, 0.717) is 41.0 Å². The van der Waals surface area contributed by atoms with Crippen LogP contribution in [-0.4, -0.2) is 91.9 Å². The second kappa shape index (κ2) is 13.9. The molecule has 238 valence electrons. The van der Waals surface area contributed by atoms with Crippen molar-refractivity contribution in [1.29, 1.82) is 0 Å². The van der Waals surface area contributed by atoms with Gasteiger partial charge in [0, 0.05) is 63.1 Å². The fourth-order valence-corrected chi connectivity index (χ4v) is 7.26. The molecule has 2 aromatic carbocycles. The van der Waals surface area contributed by atoms with Gasteiger partial charge in [-0.25, -0.2) is 13.4 Å². The SMILES string of the molecule is COc1cc(N2CCC(N3CCN(C(C)C)CC3)CC2)ccc1Nc1ncc(Cl)c(Nc2ccccc2S(=O)(=O)C(C)C)n1. The standard InChI is InChI=1S/C32H44ClN7O3S/c1-22(2)38-16-18-40(19-17-38)24-12-14-39(15-13-24)25-10-11-27(29(20-25)43-5)36-32-34-21-26(33)31(37-32)35-28-8-6-7-9-30(28)44(41,42)23(3)4/h6-11,20-24H,12-19H2,1-5H3,(H2,34,35,36,37). The molecule has 1 aromatic heterocycles. The van der Waals surface area contributed by atoms with Crippen LogP contribution in [0.2, 0.25) is 5.02 Å². The number of nitrogens with one attached hydrogen (secondary N) is 2. The molecule has 2 aliphatic heterocycles. The minimum Gasteiger partial charge on any atom is -0.494 e. The van der Waals surface area contributed by atoms with Gasteiger partial charge < -0.3 is 20.3 Å². The Kier molecular flexibility index (Phi) is 10.2. The number of anilines is 5. The van der Waals surface area contributed by atoms with E-state index in [9.17, 15) is 8.42 Å². The lowest BCUT2D eigenvalue weighted by Crippen LogP contribution is -2.54. The van der Waals surface area contributed by atoms with Gasteiger partial charge in [0.05, 0.1) is 34.8 Å². The van der Waals surface area contributed by atoms with E-state index >= 15 is 0 Å². The predicted octanol–water partition coefficient (Wildman–Crippen LogP) is 5.80. The number of ether oxygens (including phenoxy) is 1. The highest BCUT2D eigenvalue weighted by molar-refractivity contribution is 7.92. The van der Waals surface area contributed by atoms with Crippen LogP contribution in [0.4, 0.5) is 28.8 Å². The number of halogens is 1. The number of nitrogens with zero attached hydrogens (tertiary/aromatic N) is 5. The number of para-hydroxylation sites is 1. The zero-order valence-corrected chi connectivity index (χ0v) is 27.8. The lowest BCUT2D eigenvalue weighted by atomic mass is 10.0. The van der Waals surface area contributed by atoms with Crippen LogP contribution in [0.25, 0.3) is 0 Å². The molecule has 3 heterocycles. The minimum atomic E-state index is -3.52. The average Bonchev–Trinajstić information content (AvgIpc) is 3.03. The molecule has 0 saturated carbocycles. The number of aromatic nitrogens is 2. The van der Waals surface area contributed by atoms with Crippen LogP contribution in [0.5, 0.6) is 5.75 Å². The first-order chi connectivity index (χ1) is 21.1. The number of hydrogen-bond donors (Lipinski definition) is 2. The summed E-state index contributed by atoms with van der Waals surface area (Å²) in [7, 11) is -1.88. The summed E-state index contributed by atoms with van der Waals surface area (Å²) in [6.07, 6.45) is 3.78. The topological polar surface area (TPSA) is 103 Å². The van der Waals surface area contributed by atoms with Gasteiger partial charge >= 0.3 is 0 Å². The fraction of sp³-hybridized carbons (Fsp3) is 0.500. The van der Waals surface area contributed by atoms with Crippen molar-refractivity contribution < 1.29 is 13.2 Å². The molecule has 2 N–H and O–H groups in total. The smallest absolute Gasteiger partial charge is 0.229 e. The fourth-order valence-electron chi connectivity index (χ4n) is 5.92. The monoisotopic (exact) mass is 641 g/mol.